The van der Waals surface area contributed by atoms with Crippen molar-refractivity contribution >= 4 is 5.97 Å². The van der Waals surface area contributed by atoms with Gasteiger partial charge in [-0.05, 0) is 41.7 Å². The monoisotopic (exact) mass is 378 g/mol. The summed E-state index contributed by atoms with van der Waals surface area (Å²) >= 11 is 0. The van der Waals surface area contributed by atoms with Crippen LogP contribution in [-0.4, -0.2) is 17.7 Å². The standard InChI is InChI=1S/C25H30O3/c1-2-3-4-5-9-20-28-24-18-16-23(17-19-24)22-14-12-21(13-15-22)10-7-6-8-11-25(26)27/h6-8,11-19H,2-5,9-10,20H2,1H3,(H,26,27). The van der Waals surface area contributed by atoms with Gasteiger partial charge in [-0.3, -0.25) is 0 Å². The quantitative estimate of drug-likeness (QED) is 0.262. The van der Waals surface area contributed by atoms with Gasteiger partial charge in [-0.25, -0.2) is 4.79 Å². The number of hydrogen-bond acceptors (Lipinski definition) is 2. The maximum absolute atomic E-state index is 10.4. The SMILES string of the molecule is CCCCCCCOc1ccc(-c2ccc(CC=CC=CC(=O)O)cc2)cc1. The van der Waals surface area contributed by atoms with E-state index in [1.807, 2.05) is 18.2 Å². The summed E-state index contributed by atoms with van der Waals surface area (Å²) in [5.41, 5.74) is 3.53. The number of hydrogen-bond donors (Lipinski definition) is 1. The molecule has 0 heterocycles. The van der Waals surface area contributed by atoms with Gasteiger partial charge in [0.05, 0.1) is 6.61 Å². The highest BCUT2D eigenvalue weighted by Gasteiger charge is 2.00. The predicted octanol–water partition coefficient (Wildman–Crippen LogP) is 6.44. The van der Waals surface area contributed by atoms with Crippen LogP contribution in [0.3, 0.4) is 0 Å². The lowest BCUT2D eigenvalue weighted by atomic mass is 10.0. The number of benzene rings is 2. The second-order valence-electron chi connectivity index (χ2n) is 6.81. The van der Waals surface area contributed by atoms with Crippen LogP contribution in [0.2, 0.25) is 0 Å². The summed E-state index contributed by atoms with van der Waals surface area (Å²) in [6.45, 7) is 3.01. The van der Waals surface area contributed by atoms with Crippen molar-refractivity contribution in [2.45, 2.75) is 45.4 Å². The zero-order chi connectivity index (χ0) is 20.0. The molecule has 3 nitrogen and oxygen atoms in total. The summed E-state index contributed by atoms with van der Waals surface area (Å²) in [6, 6.07) is 16.7. The molecule has 28 heavy (non-hydrogen) atoms. The zero-order valence-corrected chi connectivity index (χ0v) is 16.6. The van der Waals surface area contributed by atoms with E-state index >= 15 is 0 Å². The first-order chi connectivity index (χ1) is 13.7. The molecule has 2 rings (SSSR count). The first kappa shape index (κ1) is 21.5. The minimum atomic E-state index is -0.933. The Kier molecular flexibility index (Phi) is 9.64. The third kappa shape index (κ3) is 8.26. The molecule has 3 heteroatoms. The lowest BCUT2D eigenvalue weighted by molar-refractivity contribution is -0.131. The molecule has 2 aromatic carbocycles. The van der Waals surface area contributed by atoms with Crippen molar-refractivity contribution in [2.24, 2.45) is 0 Å². The van der Waals surface area contributed by atoms with Gasteiger partial charge < -0.3 is 9.84 Å². The fourth-order valence-electron chi connectivity index (χ4n) is 2.89. The van der Waals surface area contributed by atoms with Crippen molar-refractivity contribution < 1.29 is 14.6 Å². The number of unbranched alkanes of at least 4 members (excludes halogenated alkanes) is 4. The predicted molar refractivity (Wildman–Crippen MR) is 116 cm³/mol. The average Bonchev–Trinajstić information content (AvgIpc) is 2.71. The fraction of sp³-hybridized carbons (Fsp3) is 0.320. The Hall–Kier alpha value is -2.81. The molecule has 0 saturated carbocycles. The maximum Gasteiger partial charge on any atom is 0.328 e. The van der Waals surface area contributed by atoms with E-state index in [9.17, 15) is 4.79 Å². The van der Waals surface area contributed by atoms with Gasteiger partial charge in [-0.1, -0.05) is 87.2 Å². The Labute approximate surface area is 168 Å². The van der Waals surface area contributed by atoms with Gasteiger partial charge in [-0.2, -0.15) is 0 Å². The van der Waals surface area contributed by atoms with Crippen LogP contribution in [-0.2, 0) is 11.2 Å². The first-order valence-corrected chi connectivity index (χ1v) is 10.1. The highest BCUT2D eigenvalue weighted by molar-refractivity contribution is 5.80. The van der Waals surface area contributed by atoms with E-state index in [0.717, 1.165) is 31.3 Å². The van der Waals surface area contributed by atoms with Gasteiger partial charge in [0, 0.05) is 6.08 Å². The summed E-state index contributed by atoms with van der Waals surface area (Å²) in [7, 11) is 0. The van der Waals surface area contributed by atoms with Crippen LogP contribution >= 0.6 is 0 Å². The van der Waals surface area contributed by atoms with Crippen LogP contribution in [0.25, 0.3) is 11.1 Å². The van der Waals surface area contributed by atoms with Crippen molar-refractivity contribution in [3.63, 3.8) is 0 Å². The molecule has 0 unspecified atom stereocenters. The van der Waals surface area contributed by atoms with Crippen molar-refractivity contribution in [3.05, 3.63) is 78.4 Å². The van der Waals surface area contributed by atoms with Crippen molar-refractivity contribution in [1.82, 2.24) is 0 Å². The lowest BCUT2D eigenvalue weighted by Crippen LogP contribution is -1.97. The molecule has 0 bridgehead atoms. The summed E-state index contributed by atoms with van der Waals surface area (Å²) < 4.78 is 5.83. The van der Waals surface area contributed by atoms with Gasteiger partial charge in [0.15, 0.2) is 0 Å². The molecular formula is C25H30O3. The Morgan fingerprint density at radius 3 is 2.18 bits per heavy atom. The Balaban J connectivity index is 1.80. The molecule has 0 fully saturated rings. The first-order valence-electron chi connectivity index (χ1n) is 10.1. The summed E-state index contributed by atoms with van der Waals surface area (Å²) in [5, 5.41) is 8.54. The smallest absolute Gasteiger partial charge is 0.328 e. The number of carboxylic acids is 1. The van der Waals surface area contributed by atoms with E-state index in [2.05, 4.69) is 43.3 Å². The number of aliphatic carboxylic acids is 1. The van der Waals surface area contributed by atoms with Crippen molar-refractivity contribution in [1.29, 1.82) is 0 Å². The third-order valence-corrected chi connectivity index (χ3v) is 4.50. The minimum absolute atomic E-state index is 0.773. The highest BCUT2D eigenvalue weighted by Crippen LogP contribution is 2.23. The zero-order valence-electron chi connectivity index (χ0n) is 16.6. The van der Waals surface area contributed by atoms with Crippen LogP contribution in [0, 0.1) is 0 Å². The molecule has 0 amide bonds. The van der Waals surface area contributed by atoms with Crippen LogP contribution in [0.5, 0.6) is 5.75 Å². The number of allylic oxidation sites excluding steroid dienone is 3. The van der Waals surface area contributed by atoms with E-state index in [-0.39, 0.29) is 0 Å². The van der Waals surface area contributed by atoms with Gasteiger partial charge >= 0.3 is 5.97 Å². The molecule has 0 radical (unpaired) electrons. The largest absolute Gasteiger partial charge is 0.494 e. The van der Waals surface area contributed by atoms with Gasteiger partial charge in [0.2, 0.25) is 0 Å². The van der Waals surface area contributed by atoms with Gasteiger partial charge in [0.1, 0.15) is 5.75 Å². The Bertz CT molecular complexity index is 755. The van der Waals surface area contributed by atoms with E-state index < -0.39 is 5.97 Å². The average molecular weight is 379 g/mol. The second-order valence-corrected chi connectivity index (χ2v) is 6.81. The van der Waals surface area contributed by atoms with Crippen molar-refractivity contribution in [3.8, 4) is 16.9 Å². The number of carbonyl (C=O) groups is 1. The normalized spacial score (nSPS) is 11.3. The summed E-state index contributed by atoms with van der Waals surface area (Å²) in [6.07, 6.45) is 13.4. The molecule has 2 aromatic rings. The molecule has 0 aliphatic rings. The van der Waals surface area contributed by atoms with Gasteiger partial charge in [-0.15, -0.1) is 0 Å². The molecule has 0 spiro atoms. The Morgan fingerprint density at radius 1 is 0.893 bits per heavy atom. The molecule has 0 atom stereocenters. The van der Waals surface area contributed by atoms with E-state index in [1.54, 1.807) is 6.08 Å². The van der Waals surface area contributed by atoms with Crippen LogP contribution < -0.4 is 4.74 Å². The summed E-state index contributed by atoms with van der Waals surface area (Å²) in [5.74, 6) is -0.00666. The second kappa shape index (κ2) is 12.6. The van der Waals surface area contributed by atoms with Crippen LogP contribution in [0.1, 0.15) is 44.6 Å². The van der Waals surface area contributed by atoms with Crippen molar-refractivity contribution in [2.75, 3.05) is 6.61 Å². The Morgan fingerprint density at radius 2 is 1.54 bits per heavy atom. The van der Waals surface area contributed by atoms with E-state index in [1.165, 1.54) is 48.4 Å². The maximum atomic E-state index is 10.4. The third-order valence-electron chi connectivity index (χ3n) is 4.50. The van der Waals surface area contributed by atoms with E-state index in [4.69, 9.17) is 9.84 Å². The molecule has 1 N–H and O–H groups in total. The molecule has 148 valence electrons. The van der Waals surface area contributed by atoms with Crippen LogP contribution in [0.15, 0.2) is 72.8 Å². The molecule has 0 aliphatic carbocycles. The number of rotatable bonds is 12. The summed E-state index contributed by atoms with van der Waals surface area (Å²) in [4.78, 5) is 10.4. The molecular weight excluding hydrogens is 348 g/mol. The van der Waals surface area contributed by atoms with Crippen LogP contribution in [0.4, 0.5) is 0 Å². The highest BCUT2D eigenvalue weighted by atomic mass is 16.5. The molecule has 0 saturated heterocycles. The number of ether oxygens (including phenoxy) is 1. The van der Waals surface area contributed by atoms with E-state index in [0.29, 0.717) is 0 Å². The molecule has 0 aliphatic heterocycles. The van der Waals surface area contributed by atoms with Gasteiger partial charge in [0.25, 0.3) is 0 Å². The minimum Gasteiger partial charge on any atom is -0.494 e. The fourth-order valence-corrected chi connectivity index (χ4v) is 2.89. The lowest BCUT2D eigenvalue weighted by Gasteiger charge is -2.08. The topological polar surface area (TPSA) is 46.5 Å². The molecule has 0 aromatic heterocycles. The number of carboxylic acid groups (broad SMARTS) is 1.